The van der Waals surface area contributed by atoms with Crippen molar-refractivity contribution in [2.75, 3.05) is 11.5 Å². The Labute approximate surface area is 171 Å². The van der Waals surface area contributed by atoms with E-state index in [1.54, 1.807) is 6.20 Å². The third-order valence-electron chi connectivity index (χ3n) is 4.67. The lowest BCUT2D eigenvalue weighted by Crippen LogP contribution is -2.36. The Morgan fingerprint density at radius 3 is 2.69 bits per heavy atom. The molecular weight excluding hydrogens is 390 g/mol. The summed E-state index contributed by atoms with van der Waals surface area (Å²) in [5.74, 6) is -0.573. The maximum Gasteiger partial charge on any atom is 0.329 e. The average molecular weight is 414 g/mol. The van der Waals surface area contributed by atoms with E-state index in [1.165, 1.54) is 21.9 Å². The van der Waals surface area contributed by atoms with Crippen molar-refractivity contribution in [3.63, 3.8) is 0 Å². The number of anilines is 1. The van der Waals surface area contributed by atoms with Gasteiger partial charge in [-0.05, 0) is 43.5 Å². The topological polar surface area (TPSA) is 116 Å². The second-order valence-corrected chi connectivity index (χ2v) is 7.67. The van der Waals surface area contributed by atoms with Crippen LogP contribution in [0.5, 0.6) is 0 Å². The van der Waals surface area contributed by atoms with Crippen LogP contribution in [0.3, 0.4) is 0 Å². The van der Waals surface area contributed by atoms with Crippen LogP contribution in [0, 0.1) is 13.8 Å². The van der Waals surface area contributed by atoms with Crippen LogP contribution >= 0.6 is 11.8 Å². The monoisotopic (exact) mass is 413 g/mol. The lowest BCUT2D eigenvalue weighted by molar-refractivity contribution is 0.102. The van der Waals surface area contributed by atoms with E-state index in [2.05, 4.69) is 9.97 Å². The third-order valence-corrected chi connectivity index (χ3v) is 5.64. The number of aryl methyl sites for hydroxylation is 2. The molecule has 0 amide bonds. The van der Waals surface area contributed by atoms with Crippen molar-refractivity contribution in [2.45, 2.75) is 38.9 Å². The number of nitrogens with one attached hydrogen (secondary N) is 1. The van der Waals surface area contributed by atoms with Gasteiger partial charge >= 0.3 is 5.69 Å². The van der Waals surface area contributed by atoms with Gasteiger partial charge in [0, 0.05) is 24.6 Å². The molecule has 0 aliphatic heterocycles. The lowest BCUT2D eigenvalue weighted by atomic mass is 10.1. The zero-order valence-corrected chi connectivity index (χ0v) is 17.4. The number of ketones is 1. The molecule has 29 heavy (non-hydrogen) atoms. The maximum absolute atomic E-state index is 12.7. The van der Waals surface area contributed by atoms with Crippen molar-refractivity contribution >= 4 is 23.4 Å². The Bertz CT molecular complexity index is 1180. The zero-order chi connectivity index (χ0) is 21.1. The summed E-state index contributed by atoms with van der Waals surface area (Å²) < 4.78 is 3.10. The number of Topliss-reactive ketones (excluding diaryl/α,β-unsaturated/α-hetero) is 1. The molecule has 3 aromatic rings. The van der Waals surface area contributed by atoms with Gasteiger partial charge < -0.3 is 5.73 Å². The molecule has 3 N–H and O–H groups in total. The molecule has 2 heterocycles. The van der Waals surface area contributed by atoms with E-state index in [-0.39, 0.29) is 17.1 Å². The molecule has 2 aromatic heterocycles. The van der Waals surface area contributed by atoms with Crippen molar-refractivity contribution in [1.29, 1.82) is 0 Å². The third kappa shape index (κ3) is 4.19. The minimum Gasteiger partial charge on any atom is -0.384 e. The molecule has 0 saturated heterocycles. The molecule has 0 fully saturated rings. The van der Waals surface area contributed by atoms with E-state index in [4.69, 9.17) is 5.73 Å². The lowest BCUT2D eigenvalue weighted by Gasteiger charge is -2.12. The molecule has 0 aliphatic carbocycles. The Morgan fingerprint density at radius 1 is 1.24 bits per heavy atom. The summed E-state index contributed by atoms with van der Waals surface area (Å²) in [4.78, 5) is 43.3. The predicted octanol–water partition coefficient (Wildman–Crippen LogP) is 2.31. The van der Waals surface area contributed by atoms with Crippen LogP contribution in [0.4, 0.5) is 5.82 Å². The number of carbonyl (C=O) groups excluding carboxylic acids is 1. The number of imidazole rings is 1. The first-order valence-corrected chi connectivity index (χ1v) is 10.2. The van der Waals surface area contributed by atoms with Crippen LogP contribution in [0.1, 0.15) is 34.8 Å². The van der Waals surface area contributed by atoms with Crippen molar-refractivity contribution in [2.24, 2.45) is 0 Å². The van der Waals surface area contributed by atoms with E-state index >= 15 is 0 Å². The standard InChI is InChI=1S/C20H23N5O3S/c1-4-8-25-17(21)16(18(27)23-19(25)28)15(26)11-29-20-22-7-9-24(20)14-6-5-12(2)13(3)10-14/h5-7,9-10H,4,8,11,21H2,1-3H3,(H,23,27,28). The van der Waals surface area contributed by atoms with Gasteiger partial charge in [-0.25, -0.2) is 9.78 Å². The number of hydrogen-bond donors (Lipinski definition) is 2. The van der Waals surface area contributed by atoms with Gasteiger partial charge in [0.2, 0.25) is 0 Å². The molecular formula is C20H23N5O3S. The smallest absolute Gasteiger partial charge is 0.329 e. The van der Waals surface area contributed by atoms with Crippen molar-refractivity contribution in [3.8, 4) is 5.69 Å². The summed E-state index contributed by atoms with van der Waals surface area (Å²) in [6.45, 7) is 6.28. The van der Waals surface area contributed by atoms with Gasteiger partial charge in [0.05, 0.1) is 5.75 Å². The highest BCUT2D eigenvalue weighted by Crippen LogP contribution is 2.23. The van der Waals surface area contributed by atoms with Gasteiger partial charge in [-0.15, -0.1) is 0 Å². The quantitative estimate of drug-likeness (QED) is 0.454. The van der Waals surface area contributed by atoms with Gasteiger partial charge in [-0.3, -0.25) is 23.7 Å². The summed E-state index contributed by atoms with van der Waals surface area (Å²) in [6.07, 6.45) is 4.12. The van der Waals surface area contributed by atoms with E-state index in [0.717, 1.165) is 11.3 Å². The van der Waals surface area contributed by atoms with Crippen molar-refractivity contribution < 1.29 is 4.79 Å². The number of thioether (sulfide) groups is 1. The van der Waals surface area contributed by atoms with Crippen molar-refractivity contribution in [1.82, 2.24) is 19.1 Å². The first-order valence-electron chi connectivity index (χ1n) is 9.23. The molecule has 1 aromatic carbocycles. The molecule has 0 unspecified atom stereocenters. The van der Waals surface area contributed by atoms with E-state index in [9.17, 15) is 14.4 Å². The normalized spacial score (nSPS) is 11.0. The molecule has 0 spiro atoms. The number of carbonyl (C=O) groups is 1. The first kappa shape index (κ1) is 20.7. The fraction of sp³-hybridized carbons (Fsp3) is 0.300. The van der Waals surface area contributed by atoms with Crippen LogP contribution in [0.2, 0.25) is 0 Å². The number of benzene rings is 1. The fourth-order valence-electron chi connectivity index (χ4n) is 2.97. The second kappa shape index (κ2) is 8.52. The molecule has 0 atom stereocenters. The van der Waals surface area contributed by atoms with Crippen LogP contribution in [0.15, 0.2) is 45.3 Å². The molecule has 0 bridgehead atoms. The second-order valence-electron chi connectivity index (χ2n) is 6.73. The highest BCUT2D eigenvalue weighted by Gasteiger charge is 2.20. The average Bonchev–Trinajstić information content (AvgIpc) is 3.14. The van der Waals surface area contributed by atoms with Crippen LogP contribution in [0.25, 0.3) is 5.69 Å². The first-order chi connectivity index (χ1) is 13.8. The van der Waals surface area contributed by atoms with E-state index < -0.39 is 17.0 Å². The number of aromatic amines is 1. The number of aromatic nitrogens is 4. The summed E-state index contributed by atoms with van der Waals surface area (Å²) in [5, 5.41) is 0.624. The van der Waals surface area contributed by atoms with Crippen LogP contribution in [-0.4, -0.2) is 30.6 Å². The van der Waals surface area contributed by atoms with Crippen LogP contribution < -0.4 is 17.0 Å². The van der Waals surface area contributed by atoms with Gasteiger partial charge in [-0.1, -0.05) is 24.8 Å². The molecule has 3 rings (SSSR count). The fourth-order valence-corrected chi connectivity index (χ4v) is 3.82. The van der Waals surface area contributed by atoms with Crippen LogP contribution in [-0.2, 0) is 6.54 Å². The highest BCUT2D eigenvalue weighted by atomic mass is 32.2. The Morgan fingerprint density at radius 2 is 2.00 bits per heavy atom. The number of nitrogens with zero attached hydrogens (tertiary/aromatic N) is 3. The maximum atomic E-state index is 12.7. The van der Waals surface area contributed by atoms with Crippen molar-refractivity contribution in [3.05, 3.63) is 68.1 Å². The number of nitrogen functional groups attached to an aromatic ring is 1. The molecule has 0 aliphatic rings. The Balaban J connectivity index is 1.85. The molecule has 152 valence electrons. The SMILES string of the molecule is CCCn1c(N)c(C(=O)CSc2nccn2-c2ccc(C)c(C)c2)c(=O)[nH]c1=O. The number of H-pyrrole nitrogens is 1. The summed E-state index contributed by atoms with van der Waals surface area (Å²) >= 11 is 1.21. The number of nitrogens with two attached hydrogens (primary N) is 1. The number of hydrogen-bond acceptors (Lipinski definition) is 6. The highest BCUT2D eigenvalue weighted by molar-refractivity contribution is 7.99. The predicted molar refractivity (Wildman–Crippen MR) is 114 cm³/mol. The summed E-state index contributed by atoms with van der Waals surface area (Å²) in [5.41, 5.74) is 7.69. The van der Waals surface area contributed by atoms with Gasteiger partial charge in [0.15, 0.2) is 10.9 Å². The van der Waals surface area contributed by atoms with Gasteiger partial charge in [0.1, 0.15) is 11.4 Å². The molecule has 8 nitrogen and oxygen atoms in total. The van der Waals surface area contributed by atoms with Gasteiger partial charge in [-0.2, -0.15) is 0 Å². The Hall–Kier alpha value is -3.07. The summed E-state index contributed by atoms with van der Waals surface area (Å²) in [6, 6.07) is 6.06. The van der Waals surface area contributed by atoms with E-state index in [0.29, 0.717) is 18.1 Å². The van der Waals surface area contributed by atoms with Gasteiger partial charge in [0.25, 0.3) is 5.56 Å². The Kier molecular flexibility index (Phi) is 6.07. The molecule has 0 radical (unpaired) electrons. The minimum absolute atomic E-state index is 0.0283. The largest absolute Gasteiger partial charge is 0.384 e. The molecule has 9 heteroatoms. The van der Waals surface area contributed by atoms with E-state index in [1.807, 2.05) is 49.7 Å². The number of rotatable bonds is 7. The zero-order valence-electron chi connectivity index (χ0n) is 16.6. The molecule has 0 saturated carbocycles. The minimum atomic E-state index is -0.761. The summed E-state index contributed by atoms with van der Waals surface area (Å²) in [7, 11) is 0.